The van der Waals surface area contributed by atoms with E-state index in [1.165, 1.54) is 6.42 Å². The molecule has 102 valence electrons. The first kappa shape index (κ1) is 12.5. The fourth-order valence-corrected chi connectivity index (χ4v) is 5.44. The normalized spacial score (nSPS) is 45.0. The first-order valence-corrected chi connectivity index (χ1v) is 7.26. The molecule has 0 aromatic heterocycles. The molecule has 3 N–H and O–H groups in total. The maximum absolute atomic E-state index is 11.8. The molecule has 0 aliphatic heterocycles. The summed E-state index contributed by atoms with van der Waals surface area (Å²) >= 11 is 6.70. The van der Waals surface area contributed by atoms with E-state index in [1.54, 1.807) is 0 Å². The zero-order valence-electron chi connectivity index (χ0n) is 10.5. The lowest BCUT2D eigenvalue weighted by molar-refractivity contribution is -0.000204. The SMILES string of the molecule is O=C(NCCO)NC12CC3CC(CC(Cl)(C3)C1)C2. The highest BCUT2D eigenvalue weighted by atomic mass is 35.5. The van der Waals surface area contributed by atoms with Gasteiger partial charge in [-0.3, -0.25) is 0 Å². The summed E-state index contributed by atoms with van der Waals surface area (Å²) in [7, 11) is 0. The van der Waals surface area contributed by atoms with Gasteiger partial charge in [-0.05, 0) is 50.4 Å². The van der Waals surface area contributed by atoms with E-state index in [0.29, 0.717) is 18.4 Å². The van der Waals surface area contributed by atoms with Gasteiger partial charge in [0.2, 0.25) is 0 Å². The van der Waals surface area contributed by atoms with Crippen LogP contribution in [0.5, 0.6) is 0 Å². The van der Waals surface area contributed by atoms with Gasteiger partial charge in [0.1, 0.15) is 0 Å². The van der Waals surface area contributed by atoms with Crippen molar-refractivity contribution in [1.82, 2.24) is 10.6 Å². The number of rotatable bonds is 3. The van der Waals surface area contributed by atoms with Crippen LogP contribution in [-0.4, -0.2) is 34.7 Å². The summed E-state index contributed by atoms with van der Waals surface area (Å²) in [6.45, 7) is 0.284. The molecule has 4 bridgehead atoms. The highest BCUT2D eigenvalue weighted by Crippen LogP contribution is 2.59. The van der Waals surface area contributed by atoms with Crippen LogP contribution in [-0.2, 0) is 0 Å². The number of carbonyl (C=O) groups is 1. The summed E-state index contributed by atoms with van der Waals surface area (Å²) in [6.07, 6.45) is 6.58. The molecule has 4 fully saturated rings. The average molecular weight is 273 g/mol. The summed E-state index contributed by atoms with van der Waals surface area (Å²) in [5.74, 6) is 1.36. The zero-order valence-corrected chi connectivity index (χ0v) is 11.3. The number of aliphatic hydroxyl groups is 1. The Kier molecular flexibility index (Phi) is 2.98. The largest absolute Gasteiger partial charge is 0.395 e. The Morgan fingerprint density at radius 2 is 1.94 bits per heavy atom. The highest BCUT2D eigenvalue weighted by Gasteiger charge is 2.57. The maximum Gasteiger partial charge on any atom is 0.315 e. The van der Waals surface area contributed by atoms with Crippen LogP contribution >= 0.6 is 11.6 Å². The lowest BCUT2D eigenvalue weighted by Crippen LogP contribution is -2.65. The summed E-state index contributed by atoms with van der Waals surface area (Å²) < 4.78 is 0. The molecule has 5 heteroatoms. The van der Waals surface area contributed by atoms with E-state index < -0.39 is 0 Å². The van der Waals surface area contributed by atoms with Gasteiger partial charge in [0.25, 0.3) is 0 Å². The first-order valence-electron chi connectivity index (χ1n) is 6.88. The Morgan fingerprint density at radius 3 is 2.50 bits per heavy atom. The van der Waals surface area contributed by atoms with Gasteiger partial charge in [0.15, 0.2) is 0 Å². The lowest BCUT2D eigenvalue weighted by Gasteiger charge is -2.60. The van der Waals surface area contributed by atoms with Crippen molar-refractivity contribution in [1.29, 1.82) is 0 Å². The van der Waals surface area contributed by atoms with Gasteiger partial charge in [-0.25, -0.2) is 4.79 Å². The fourth-order valence-electron chi connectivity index (χ4n) is 4.75. The predicted molar refractivity (Wildman–Crippen MR) is 69.6 cm³/mol. The molecule has 2 unspecified atom stereocenters. The highest BCUT2D eigenvalue weighted by molar-refractivity contribution is 6.24. The van der Waals surface area contributed by atoms with Gasteiger partial charge in [0.05, 0.1) is 6.61 Å². The number of carbonyl (C=O) groups excluding carboxylic acids is 1. The van der Waals surface area contributed by atoms with Gasteiger partial charge in [-0.2, -0.15) is 0 Å². The van der Waals surface area contributed by atoms with Gasteiger partial charge >= 0.3 is 6.03 Å². The molecule has 4 aliphatic rings. The Labute approximate surface area is 112 Å². The van der Waals surface area contributed by atoms with Gasteiger partial charge in [-0.15, -0.1) is 11.6 Å². The molecule has 18 heavy (non-hydrogen) atoms. The van der Waals surface area contributed by atoms with Crippen molar-refractivity contribution >= 4 is 17.6 Å². The summed E-state index contributed by atoms with van der Waals surface area (Å²) in [4.78, 5) is 11.7. The third kappa shape index (κ3) is 2.21. The molecule has 0 aromatic carbocycles. The number of hydrogen-bond acceptors (Lipinski definition) is 2. The number of aliphatic hydroxyl groups excluding tert-OH is 1. The first-order chi connectivity index (χ1) is 8.53. The minimum Gasteiger partial charge on any atom is -0.395 e. The second-order valence-electron chi connectivity index (χ2n) is 6.50. The molecule has 0 saturated heterocycles. The average Bonchev–Trinajstić information content (AvgIpc) is 2.21. The van der Waals surface area contributed by atoms with Crippen molar-refractivity contribution in [2.45, 2.75) is 48.9 Å². The molecule has 4 saturated carbocycles. The molecule has 0 heterocycles. The Bertz CT molecular complexity index is 347. The fraction of sp³-hybridized carbons (Fsp3) is 0.923. The molecule has 2 amide bonds. The van der Waals surface area contributed by atoms with Crippen molar-refractivity contribution in [3.63, 3.8) is 0 Å². The summed E-state index contributed by atoms with van der Waals surface area (Å²) in [5.41, 5.74) is -0.0919. The standard InChI is InChI=1S/C13H21ClN2O2/c14-12-4-9-3-10(5-12)7-13(6-9,8-12)16-11(18)15-1-2-17/h9-10,17H,1-8H2,(H2,15,16,18). The molecule has 0 radical (unpaired) electrons. The number of halogens is 1. The van der Waals surface area contributed by atoms with Gasteiger partial charge < -0.3 is 15.7 Å². The minimum absolute atomic E-state index is 0.0227. The van der Waals surface area contributed by atoms with E-state index in [1.807, 2.05) is 0 Å². The molecular formula is C13H21ClN2O2. The van der Waals surface area contributed by atoms with Crippen molar-refractivity contribution in [2.24, 2.45) is 11.8 Å². The van der Waals surface area contributed by atoms with E-state index in [4.69, 9.17) is 16.7 Å². The molecule has 2 atom stereocenters. The minimum atomic E-state index is -0.161. The van der Waals surface area contributed by atoms with E-state index in [9.17, 15) is 4.79 Å². The van der Waals surface area contributed by atoms with Gasteiger partial charge in [0, 0.05) is 17.0 Å². The Morgan fingerprint density at radius 1 is 1.28 bits per heavy atom. The molecular weight excluding hydrogens is 252 g/mol. The van der Waals surface area contributed by atoms with Crippen LogP contribution in [0, 0.1) is 11.8 Å². The van der Waals surface area contributed by atoms with E-state index in [2.05, 4.69) is 10.6 Å². The second-order valence-corrected chi connectivity index (χ2v) is 7.30. The van der Waals surface area contributed by atoms with Crippen LogP contribution in [0.4, 0.5) is 4.79 Å². The van der Waals surface area contributed by atoms with Crippen molar-refractivity contribution in [3.05, 3.63) is 0 Å². The third-order valence-electron chi connectivity index (χ3n) is 4.77. The smallest absolute Gasteiger partial charge is 0.315 e. The van der Waals surface area contributed by atoms with Crippen molar-refractivity contribution < 1.29 is 9.90 Å². The lowest BCUT2D eigenvalue weighted by atomic mass is 9.52. The molecule has 4 nitrogen and oxygen atoms in total. The topological polar surface area (TPSA) is 61.4 Å². The predicted octanol–water partition coefficient (Wildman–Crippen LogP) is 1.61. The van der Waals surface area contributed by atoms with Crippen LogP contribution in [0.15, 0.2) is 0 Å². The van der Waals surface area contributed by atoms with E-state index in [-0.39, 0.29) is 23.1 Å². The number of amides is 2. The molecule has 4 rings (SSSR count). The van der Waals surface area contributed by atoms with Crippen molar-refractivity contribution in [3.8, 4) is 0 Å². The maximum atomic E-state index is 11.8. The van der Waals surface area contributed by atoms with E-state index >= 15 is 0 Å². The molecule has 0 aromatic rings. The number of hydrogen-bond donors (Lipinski definition) is 3. The molecule has 4 aliphatic carbocycles. The second kappa shape index (κ2) is 4.27. The number of alkyl halides is 1. The van der Waals surface area contributed by atoms with Crippen LogP contribution in [0.2, 0.25) is 0 Å². The van der Waals surface area contributed by atoms with E-state index in [0.717, 1.165) is 32.1 Å². The number of nitrogens with one attached hydrogen (secondary N) is 2. The van der Waals surface area contributed by atoms with Crippen molar-refractivity contribution in [2.75, 3.05) is 13.2 Å². The monoisotopic (exact) mass is 272 g/mol. The third-order valence-corrected chi connectivity index (χ3v) is 5.21. The summed E-state index contributed by atoms with van der Waals surface area (Å²) in [6, 6.07) is -0.161. The van der Waals surface area contributed by atoms with Crippen LogP contribution < -0.4 is 10.6 Å². The Hall–Kier alpha value is -0.480. The van der Waals surface area contributed by atoms with Crippen LogP contribution in [0.3, 0.4) is 0 Å². The van der Waals surface area contributed by atoms with Crippen LogP contribution in [0.25, 0.3) is 0 Å². The zero-order chi connectivity index (χ0) is 12.8. The number of urea groups is 1. The Balaban J connectivity index is 1.69. The van der Waals surface area contributed by atoms with Gasteiger partial charge in [-0.1, -0.05) is 0 Å². The van der Waals surface area contributed by atoms with Crippen LogP contribution in [0.1, 0.15) is 38.5 Å². The quantitative estimate of drug-likeness (QED) is 0.684. The summed E-state index contributed by atoms with van der Waals surface area (Å²) in [5, 5.41) is 14.5. The molecule has 0 spiro atoms.